The van der Waals surface area contributed by atoms with Gasteiger partial charge in [0.15, 0.2) is 22.3 Å². The molecule has 50 heavy (non-hydrogen) atoms. The average molecular weight is 733 g/mol. The van der Waals surface area contributed by atoms with Crippen LogP contribution in [0.1, 0.15) is 49.2 Å². The first-order valence-electron chi connectivity index (χ1n) is 15.7. The number of β-lactam (4-membered cyclic amide) rings is 1. The van der Waals surface area contributed by atoms with Crippen molar-refractivity contribution in [1.29, 1.82) is 0 Å². The van der Waals surface area contributed by atoms with Crippen LogP contribution in [-0.4, -0.2) is 126 Å². The molecule has 0 aliphatic carbocycles. The molecule has 0 radical (unpaired) electrons. The van der Waals surface area contributed by atoms with E-state index in [0.29, 0.717) is 23.1 Å². The van der Waals surface area contributed by atoms with E-state index in [-0.39, 0.29) is 40.1 Å². The molecule has 3 aliphatic rings. The molecule has 2 aromatic rings. The number of nitrogens with one attached hydrogen (secondary N) is 2. The molecule has 19 heteroatoms. The third-order valence-electron chi connectivity index (χ3n) is 8.80. The predicted molar refractivity (Wildman–Crippen MR) is 181 cm³/mol. The van der Waals surface area contributed by atoms with E-state index in [1.54, 1.807) is 0 Å². The minimum atomic E-state index is -1.79. The molecule has 2 saturated heterocycles. The van der Waals surface area contributed by atoms with E-state index >= 15 is 0 Å². The number of phenolic OH excluding ortho intramolecular Hbond substituents is 2. The number of aromatic hydroxyl groups is 2. The number of aromatic nitrogens is 1. The molecule has 0 spiro atoms. The number of fused-ring (bicyclic) bond motifs is 1. The highest BCUT2D eigenvalue weighted by Crippen LogP contribution is 2.41. The van der Waals surface area contributed by atoms with Crippen molar-refractivity contribution in [1.82, 2.24) is 20.5 Å². The highest BCUT2D eigenvalue weighted by Gasteiger charge is 2.55. The number of likely N-dealkylation sites (tertiary alicyclic amines) is 1. The summed E-state index contributed by atoms with van der Waals surface area (Å²) in [5.41, 5.74) is 4.15. The van der Waals surface area contributed by atoms with Crippen molar-refractivity contribution in [3.05, 3.63) is 46.1 Å². The van der Waals surface area contributed by atoms with Crippen LogP contribution in [0, 0.1) is 0 Å². The third-order valence-corrected chi connectivity index (χ3v) is 10.8. The van der Waals surface area contributed by atoms with Crippen LogP contribution in [0.3, 0.4) is 0 Å². The van der Waals surface area contributed by atoms with Crippen molar-refractivity contribution in [3.63, 3.8) is 0 Å². The van der Waals surface area contributed by atoms with Crippen molar-refractivity contribution in [2.45, 2.75) is 50.1 Å². The topological polar surface area (TPSA) is 254 Å². The van der Waals surface area contributed by atoms with Gasteiger partial charge in [-0.1, -0.05) is 5.16 Å². The first-order valence-corrected chi connectivity index (χ1v) is 17.6. The van der Waals surface area contributed by atoms with Gasteiger partial charge in [-0.15, -0.1) is 23.1 Å². The number of carbonyl (C=O) groups is 5. The van der Waals surface area contributed by atoms with Crippen molar-refractivity contribution >= 4 is 63.6 Å². The second-order valence-corrected chi connectivity index (χ2v) is 14.7. The molecule has 3 amide bonds. The maximum atomic E-state index is 13.5. The fourth-order valence-electron chi connectivity index (χ4n) is 6.04. The Bertz CT molecular complexity index is 1770. The van der Waals surface area contributed by atoms with Crippen molar-refractivity contribution in [2.75, 3.05) is 44.2 Å². The number of benzene rings is 1. The van der Waals surface area contributed by atoms with Gasteiger partial charge in [0.2, 0.25) is 5.60 Å². The standard InChI is InChI=1S/C31H37N7O10S2/c1-31(2,29(46)47)48-36-21(18-15-50-30(32)34-18)25(42)35-22-26(43)37-23(28(44)45)17(14-49-27(22)37)13-38(9-4-3-5-10-38)11-8-33-24(41)16-6-7-19(39)20(40)12-16/h6-7,12,15,22,27H,3-5,8-11,13-14H2,1-2H3,(H7-,32,33,34,35,36,39,40,41,42,44,45,46,47)/p+1/t22-,27-/m1/s1. The molecule has 3 aliphatic heterocycles. The normalized spacial score (nSPS) is 20.4. The zero-order chi connectivity index (χ0) is 36.4. The molecular weight excluding hydrogens is 695 g/mol. The van der Waals surface area contributed by atoms with Gasteiger partial charge in [0.1, 0.15) is 29.4 Å². The van der Waals surface area contributed by atoms with Gasteiger partial charge in [-0.3, -0.25) is 19.3 Å². The number of carbonyl (C=O) groups excluding carboxylic acids is 3. The lowest BCUT2D eigenvalue weighted by Gasteiger charge is -2.50. The van der Waals surface area contributed by atoms with Crippen LogP contribution < -0.4 is 16.4 Å². The Balaban J connectivity index is 1.30. The zero-order valence-electron chi connectivity index (χ0n) is 27.2. The van der Waals surface area contributed by atoms with E-state index in [2.05, 4.69) is 20.8 Å². The van der Waals surface area contributed by atoms with Crippen LogP contribution in [0.15, 0.2) is 40.0 Å². The fraction of sp³-hybridized carbons (Fsp3) is 0.452. The smallest absolute Gasteiger partial charge is 0.352 e. The summed E-state index contributed by atoms with van der Waals surface area (Å²) in [4.78, 5) is 74.2. The first-order chi connectivity index (χ1) is 23.6. The molecule has 4 heterocycles. The zero-order valence-corrected chi connectivity index (χ0v) is 28.9. The number of rotatable bonds is 13. The first kappa shape index (κ1) is 36.4. The molecule has 2 fully saturated rings. The van der Waals surface area contributed by atoms with Crippen LogP contribution in [0.5, 0.6) is 11.5 Å². The molecule has 17 nitrogen and oxygen atoms in total. The molecular formula is C31H38N7O10S2+. The van der Waals surface area contributed by atoms with Gasteiger partial charge < -0.3 is 46.1 Å². The van der Waals surface area contributed by atoms with Crippen LogP contribution in [-0.2, 0) is 24.0 Å². The van der Waals surface area contributed by atoms with Gasteiger partial charge in [-0.05, 0) is 51.3 Å². The van der Waals surface area contributed by atoms with Crippen molar-refractivity contribution in [3.8, 4) is 11.5 Å². The summed E-state index contributed by atoms with van der Waals surface area (Å²) in [5.74, 6) is -5.03. The second kappa shape index (κ2) is 14.5. The molecule has 1 aromatic carbocycles. The van der Waals surface area contributed by atoms with E-state index in [1.165, 1.54) is 54.1 Å². The van der Waals surface area contributed by atoms with E-state index in [0.717, 1.165) is 43.7 Å². The molecule has 268 valence electrons. The number of nitrogen functional groups attached to an aromatic ring is 1. The summed E-state index contributed by atoms with van der Waals surface area (Å²) in [5, 5.41) is 49.0. The van der Waals surface area contributed by atoms with Gasteiger partial charge in [0, 0.05) is 22.3 Å². The van der Waals surface area contributed by atoms with E-state index < -0.39 is 58.1 Å². The lowest BCUT2D eigenvalue weighted by molar-refractivity contribution is -0.927. The number of anilines is 1. The third kappa shape index (κ3) is 7.63. The lowest BCUT2D eigenvalue weighted by Crippen LogP contribution is -2.71. The fourth-order valence-corrected chi connectivity index (χ4v) is 7.92. The molecule has 5 rings (SSSR count). The van der Waals surface area contributed by atoms with Gasteiger partial charge in [-0.25, -0.2) is 14.6 Å². The van der Waals surface area contributed by atoms with Crippen LogP contribution in [0.25, 0.3) is 0 Å². The highest BCUT2D eigenvalue weighted by atomic mass is 32.2. The Labute approximate surface area is 294 Å². The highest BCUT2D eigenvalue weighted by molar-refractivity contribution is 8.00. The Kier molecular flexibility index (Phi) is 10.6. The van der Waals surface area contributed by atoms with Crippen LogP contribution in [0.2, 0.25) is 0 Å². The number of nitrogens with zero attached hydrogens (tertiary/aromatic N) is 4. The Morgan fingerprint density at radius 3 is 2.48 bits per heavy atom. The Morgan fingerprint density at radius 1 is 1.14 bits per heavy atom. The van der Waals surface area contributed by atoms with Gasteiger partial charge >= 0.3 is 11.9 Å². The maximum absolute atomic E-state index is 13.5. The summed E-state index contributed by atoms with van der Waals surface area (Å²) < 4.78 is 0.504. The maximum Gasteiger partial charge on any atom is 0.352 e. The number of oxime groups is 1. The average Bonchev–Trinajstić information content (AvgIpc) is 3.50. The van der Waals surface area contributed by atoms with E-state index in [1.807, 2.05) is 0 Å². The molecule has 0 bridgehead atoms. The number of hydrogen-bond donors (Lipinski definition) is 7. The van der Waals surface area contributed by atoms with Gasteiger partial charge in [-0.2, -0.15) is 0 Å². The number of thiazole rings is 1. The summed E-state index contributed by atoms with van der Waals surface area (Å²) >= 11 is 2.32. The van der Waals surface area contributed by atoms with Crippen molar-refractivity contribution in [2.24, 2.45) is 5.16 Å². The molecule has 0 unspecified atom stereocenters. The van der Waals surface area contributed by atoms with Crippen LogP contribution in [0.4, 0.5) is 5.13 Å². The van der Waals surface area contributed by atoms with Crippen molar-refractivity contribution < 1.29 is 53.7 Å². The minimum Gasteiger partial charge on any atom is -0.504 e. The van der Waals surface area contributed by atoms with Crippen LogP contribution >= 0.6 is 23.1 Å². The number of carboxylic acids is 2. The number of amides is 3. The quantitative estimate of drug-likeness (QED) is 0.0497. The van der Waals surface area contributed by atoms with E-state index in [9.17, 15) is 44.4 Å². The minimum absolute atomic E-state index is 0.00692. The van der Waals surface area contributed by atoms with Gasteiger partial charge in [0.25, 0.3) is 17.7 Å². The number of phenols is 2. The molecule has 1 aromatic heterocycles. The number of piperidine rings is 1. The molecule has 2 atom stereocenters. The SMILES string of the molecule is CC(C)(O/N=C(\C(=O)N[C@@H]1C(=O)N2C(C(=O)O)=C(C[N+]3(CCNC(=O)c4ccc(O)c(O)c4)CCCCC3)CS[C@H]12)c1csc(N)n1)C(=O)O. The summed E-state index contributed by atoms with van der Waals surface area (Å²) in [7, 11) is 0. The Hall–Kier alpha value is -4.88. The molecule has 8 N–H and O–H groups in total. The number of hydrogen-bond acceptors (Lipinski definition) is 13. The number of nitrogens with two attached hydrogens (primary N) is 1. The number of quaternary nitrogens is 1. The lowest BCUT2D eigenvalue weighted by atomic mass is 10.00. The number of thioether (sulfide) groups is 1. The Morgan fingerprint density at radius 2 is 1.86 bits per heavy atom. The monoisotopic (exact) mass is 732 g/mol. The van der Waals surface area contributed by atoms with Gasteiger partial charge in [0.05, 0.1) is 26.2 Å². The summed E-state index contributed by atoms with van der Waals surface area (Å²) in [6, 6.07) is 2.69. The van der Waals surface area contributed by atoms with E-state index in [4.69, 9.17) is 10.6 Å². The molecule has 0 saturated carbocycles. The predicted octanol–water partition coefficient (Wildman–Crippen LogP) is 0.890. The second-order valence-electron chi connectivity index (χ2n) is 12.7. The largest absolute Gasteiger partial charge is 0.504 e. The number of carboxylic acid groups (broad SMARTS) is 2. The summed E-state index contributed by atoms with van der Waals surface area (Å²) in [6.45, 7) is 5.08. The summed E-state index contributed by atoms with van der Waals surface area (Å²) in [6.07, 6.45) is 2.83. The number of aliphatic carboxylic acids is 2.